The molecular formula is C27H26N4O3S. The lowest BCUT2D eigenvalue weighted by Gasteiger charge is -2.31. The first-order valence-electron chi connectivity index (χ1n) is 11.6. The van der Waals surface area contributed by atoms with Gasteiger partial charge < -0.3 is 15.3 Å². The number of fused-ring (bicyclic) bond motifs is 3. The molecule has 2 aromatic carbocycles. The summed E-state index contributed by atoms with van der Waals surface area (Å²) in [7, 11) is 1.57. The molecule has 0 saturated carbocycles. The topological polar surface area (TPSA) is 103 Å². The maximum atomic E-state index is 13.4. The van der Waals surface area contributed by atoms with Crippen LogP contribution in [0.25, 0.3) is 21.6 Å². The standard InChI is InChI=1S/C27H26N4O3S/c1-3-13-34-20-10-9-17(14-21(20)33-2)24-30-25-23(26(32)31(24)29)19-11-12-27(16-28,15-22(19)35-25)18-7-5-4-6-8-18/h4-10,14H,3,11-13,15,29H2,1-2H3. The van der Waals surface area contributed by atoms with Crippen molar-refractivity contribution in [2.45, 2.75) is 38.0 Å². The van der Waals surface area contributed by atoms with Crippen LogP contribution in [0.15, 0.2) is 53.3 Å². The molecule has 0 saturated heterocycles. The van der Waals surface area contributed by atoms with Gasteiger partial charge in [-0.15, -0.1) is 11.3 Å². The van der Waals surface area contributed by atoms with Crippen LogP contribution in [0.5, 0.6) is 11.5 Å². The van der Waals surface area contributed by atoms with E-state index >= 15 is 0 Å². The molecule has 0 radical (unpaired) electrons. The smallest absolute Gasteiger partial charge is 0.281 e. The third-order valence-corrected chi connectivity index (χ3v) is 7.75. The average molecular weight is 487 g/mol. The Morgan fingerprint density at radius 3 is 2.74 bits per heavy atom. The third kappa shape index (κ3) is 3.82. The molecule has 5 rings (SSSR count). The quantitative estimate of drug-likeness (QED) is 0.400. The lowest BCUT2D eigenvalue weighted by molar-refractivity contribution is 0.294. The number of rotatable bonds is 6. The highest BCUT2D eigenvalue weighted by Gasteiger charge is 2.38. The minimum atomic E-state index is -0.610. The molecule has 0 aliphatic heterocycles. The zero-order valence-electron chi connectivity index (χ0n) is 19.7. The van der Waals surface area contributed by atoms with Crippen molar-refractivity contribution in [3.8, 4) is 29.0 Å². The molecule has 8 heteroatoms. The average Bonchev–Trinajstić information content (AvgIpc) is 3.27. The van der Waals surface area contributed by atoms with E-state index in [1.165, 1.54) is 11.3 Å². The number of nitriles is 1. The Bertz CT molecular complexity index is 1500. The Kier molecular flexibility index (Phi) is 5.95. The lowest BCUT2D eigenvalue weighted by atomic mass is 9.70. The van der Waals surface area contributed by atoms with Crippen LogP contribution in [-0.2, 0) is 18.3 Å². The van der Waals surface area contributed by atoms with Gasteiger partial charge in [-0.1, -0.05) is 37.3 Å². The van der Waals surface area contributed by atoms with Crippen LogP contribution in [0, 0.1) is 11.3 Å². The van der Waals surface area contributed by atoms with Gasteiger partial charge in [0.25, 0.3) is 5.56 Å². The van der Waals surface area contributed by atoms with E-state index < -0.39 is 5.41 Å². The molecule has 2 heterocycles. The number of nitrogen functional groups attached to an aromatic ring is 1. The predicted octanol–water partition coefficient (Wildman–Crippen LogP) is 4.59. The normalized spacial score (nSPS) is 17.1. The third-order valence-electron chi connectivity index (χ3n) is 6.63. The summed E-state index contributed by atoms with van der Waals surface area (Å²) in [5.41, 5.74) is 1.75. The summed E-state index contributed by atoms with van der Waals surface area (Å²) in [4.78, 5) is 19.9. The van der Waals surface area contributed by atoms with E-state index in [1.54, 1.807) is 19.2 Å². The van der Waals surface area contributed by atoms with Crippen LogP contribution >= 0.6 is 11.3 Å². The summed E-state index contributed by atoms with van der Waals surface area (Å²) in [6, 6.07) is 17.9. The van der Waals surface area contributed by atoms with Crippen molar-refractivity contribution < 1.29 is 9.47 Å². The Labute approximate surface area is 207 Å². The second-order valence-electron chi connectivity index (χ2n) is 8.75. The molecule has 1 aliphatic carbocycles. The van der Waals surface area contributed by atoms with Crippen molar-refractivity contribution in [3.63, 3.8) is 0 Å². The van der Waals surface area contributed by atoms with E-state index in [9.17, 15) is 10.1 Å². The van der Waals surface area contributed by atoms with Gasteiger partial charge in [-0.2, -0.15) is 5.26 Å². The molecule has 1 atom stereocenters. The molecule has 4 aromatic rings. The highest BCUT2D eigenvalue weighted by atomic mass is 32.1. The number of hydrogen-bond acceptors (Lipinski definition) is 7. The van der Waals surface area contributed by atoms with Crippen LogP contribution in [-0.4, -0.2) is 23.4 Å². The molecule has 0 fully saturated rings. The van der Waals surface area contributed by atoms with Crippen molar-refractivity contribution in [2.75, 3.05) is 19.6 Å². The number of methoxy groups -OCH3 is 1. The zero-order valence-corrected chi connectivity index (χ0v) is 20.5. The van der Waals surface area contributed by atoms with Crippen LogP contribution in [0.3, 0.4) is 0 Å². The van der Waals surface area contributed by atoms with Crippen LogP contribution < -0.4 is 20.9 Å². The molecule has 1 aliphatic rings. The molecule has 0 bridgehead atoms. The SMILES string of the molecule is CCCOc1ccc(-c2nc3sc4c(c3c(=O)n2N)CCC(C#N)(c2ccccc2)C4)cc1OC. The molecule has 1 unspecified atom stereocenters. The van der Waals surface area contributed by atoms with Gasteiger partial charge in [-0.05, 0) is 48.6 Å². The molecule has 35 heavy (non-hydrogen) atoms. The second kappa shape index (κ2) is 9.08. The monoisotopic (exact) mass is 486 g/mol. The van der Waals surface area contributed by atoms with E-state index in [4.69, 9.17) is 20.3 Å². The Morgan fingerprint density at radius 1 is 1.23 bits per heavy atom. The van der Waals surface area contributed by atoms with Gasteiger partial charge in [0.05, 0.1) is 30.6 Å². The first kappa shape index (κ1) is 22.9. The fraction of sp³-hybridized carbons (Fsp3) is 0.296. The van der Waals surface area contributed by atoms with E-state index in [0.29, 0.717) is 59.0 Å². The molecule has 0 spiro atoms. The summed E-state index contributed by atoms with van der Waals surface area (Å²) < 4.78 is 12.4. The van der Waals surface area contributed by atoms with Gasteiger partial charge in [0.2, 0.25) is 0 Å². The van der Waals surface area contributed by atoms with Crippen LogP contribution in [0.2, 0.25) is 0 Å². The molecular weight excluding hydrogens is 460 g/mol. The molecule has 0 amide bonds. The van der Waals surface area contributed by atoms with Gasteiger partial charge in [0.1, 0.15) is 4.83 Å². The Hall–Kier alpha value is -3.83. The van der Waals surface area contributed by atoms with Crippen molar-refractivity contribution in [3.05, 3.63) is 74.9 Å². The molecule has 178 valence electrons. The van der Waals surface area contributed by atoms with E-state index in [1.807, 2.05) is 43.3 Å². The minimum Gasteiger partial charge on any atom is -0.493 e. The lowest BCUT2D eigenvalue weighted by Crippen LogP contribution is -2.33. The van der Waals surface area contributed by atoms with Gasteiger partial charge in [0.15, 0.2) is 17.3 Å². The number of aryl methyl sites for hydroxylation is 1. The van der Waals surface area contributed by atoms with Gasteiger partial charge in [-0.25, -0.2) is 9.66 Å². The first-order chi connectivity index (χ1) is 17.0. The highest BCUT2D eigenvalue weighted by molar-refractivity contribution is 7.18. The fourth-order valence-corrected chi connectivity index (χ4v) is 6.10. The van der Waals surface area contributed by atoms with Crippen molar-refractivity contribution in [1.82, 2.24) is 9.66 Å². The first-order valence-corrected chi connectivity index (χ1v) is 12.4. The maximum absolute atomic E-state index is 13.4. The van der Waals surface area contributed by atoms with Crippen LogP contribution in [0.1, 0.15) is 35.8 Å². The number of nitrogens with two attached hydrogens (primary N) is 1. The number of nitrogens with zero attached hydrogens (tertiary/aromatic N) is 3. The molecule has 2 N–H and O–H groups in total. The largest absolute Gasteiger partial charge is 0.493 e. The highest BCUT2D eigenvalue weighted by Crippen LogP contribution is 2.43. The number of ether oxygens (including phenoxy) is 2. The molecule has 2 aromatic heterocycles. The Balaban J connectivity index is 1.59. The second-order valence-corrected chi connectivity index (χ2v) is 9.83. The van der Waals surface area contributed by atoms with E-state index in [-0.39, 0.29) is 5.56 Å². The summed E-state index contributed by atoms with van der Waals surface area (Å²) in [5.74, 6) is 7.82. The van der Waals surface area contributed by atoms with Gasteiger partial charge in [0, 0.05) is 16.9 Å². The number of thiophene rings is 1. The molecule has 7 nitrogen and oxygen atoms in total. The van der Waals surface area contributed by atoms with E-state index in [0.717, 1.165) is 27.1 Å². The number of hydrogen-bond donors (Lipinski definition) is 1. The predicted molar refractivity (Wildman–Crippen MR) is 138 cm³/mol. The van der Waals surface area contributed by atoms with Crippen molar-refractivity contribution in [2.24, 2.45) is 0 Å². The summed E-state index contributed by atoms with van der Waals surface area (Å²) >= 11 is 1.48. The minimum absolute atomic E-state index is 0.281. The van der Waals surface area contributed by atoms with E-state index in [2.05, 4.69) is 6.07 Å². The zero-order chi connectivity index (χ0) is 24.6. The summed E-state index contributed by atoms with van der Waals surface area (Å²) in [6.45, 7) is 2.61. The van der Waals surface area contributed by atoms with Crippen LogP contribution in [0.4, 0.5) is 0 Å². The Morgan fingerprint density at radius 2 is 2.03 bits per heavy atom. The summed E-state index contributed by atoms with van der Waals surface area (Å²) in [5, 5.41) is 10.7. The number of aromatic nitrogens is 2. The van der Waals surface area contributed by atoms with Gasteiger partial charge >= 0.3 is 0 Å². The number of benzene rings is 2. The summed E-state index contributed by atoms with van der Waals surface area (Å²) in [6.07, 6.45) is 2.71. The van der Waals surface area contributed by atoms with Gasteiger partial charge in [-0.3, -0.25) is 4.79 Å². The maximum Gasteiger partial charge on any atom is 0.281 e. The fourth-order valence-electron chi connectivity index (χ4n) is 4.78. The van der Waals surface area contributed by atoms with Crippen molar-refractivity contribution >= 4 is 21.6 Å². The van der Waals surface area contributed by atoms with Crippen molar-refractivity contribution in [1.29, 1.82) is 5.26 Å².